The Bertz CT molecular complexity index is 1080. The fourth-order valence-electron chi connectivity index (χ4n) is 5.43. The van der Waals surface area contributed by atoms with E-state index in [0.29, 0.717) is 5.56 Å². The predicted octanol–water partition coefficient (Wildman–Crippen LogP) is 4.62. The van der Waals surface area contributed by atoms with Gasteiger partial charge in [0.15, 0.2) is 0 Å². The van der Waals surface area contributed by atoms with Crippen molar-refractivity contribution in [2.75, 3.05) is 26.2 Å². The third-order valence-corrected chi connectivity index (χ3v) is 7.38. The van der Waals surface area contributed by atoms with E-state index in [1.165, 1.54) is 59.9 Å². The maximum absolute atomic E-state index is 11.5. The molecule has 2 aromatic carbocycles. The summed E-state index contributed by atoms with van der Waals surface area (Å²) in [5, 5.41) is 1.38. The summed E-state index contributed by atoms with van der Waals surface area (Å²) in [6.45, 7) is 4.14. The largest absolute Gasteiger partial charge is 0.373 e. The number of likely N-dealkylation sites (tertiary alicyclic amines) is 1. The molecule has 0 spiro atoms. The van der Waals surface area contributed by atoms with Gasteiger partial charge in [-0.2, -0.15) is 0 Å². The van der Waals surface area contributed by atoms with Crippen molar-refractivity contribution < 1.29 is 9.53 Å². The van der Waals surface area contributed by atoms with Gasteiger partial charge in [-0.15, -0.1) is 0 Å². The number of nitrogens with one attached hydrogen (secondary N) is 1. The first kappa shape index (κ1) is 21.2. The highest BCUT2D eigenvalue weighted by atomic mass is 16.5. The van der Waals surface area contributed by atoms with Crippen molar-refractivity contribution >= 4 is 16.8 Å². The Hall–Kier alpha value is -2.63. The molecule has 3 aromatic rings. The lowest BCUT2D eigenvalue weighted by Crippen LogP contribution is -2.35. The molecule has 1 fully saturated rings. The zero-order chi connectivity index (χ0) is 21.9. The normalized spacial score (nSPS) is 19.8. The Balaban J connectivity index is 1.09. The minimum Gasteiger partial charge on any atom is -0.373 e. The average molecular weight is 432 g/mol. The fourth-order valence-corrected chi connectivity index (χ4v) is 5.43. The Labute approximate surface area is 189 Å². The van der Waals surface area contributed by atoms with E-state index in [4.69, 9.17) is 10.5 Å². The van der Waals surface area contributed by atoms with E-state index in [1.807, 2.05) is 18.2 Å². The van der Waals surface area contributed by atoms with Crippen LogP contribution < -0.4 is 5.73 Å². The molecule has 1 unspecified atom stereocenters. The number of aromatic amines is 1. The third-order valence-electron chi connectivity index (χ3n) is 7.38. The van der Waals surface area contributed by atoms with Gasteiger partial charge in [0.25, 0.3) is 0 Å². The number of fused-ring (bicyclic) bond motifs is 2. The third kappa shape index (κ3) is 4.59. The molecular weight excluding hydrogens is 398 g/mol. The number of carbonyl (C=O) groups is 1. The Morgan fingerprint density at radius 2 is 1.97 bits per heavy atom. The maximum atomic E-state index is 11.5. The van der Waals surface area contributed by atoms with Crippen molar-refractivity contribution in [1.82, 2.24) is 9.88 Å². The molecular formula is C27H33N3O2. The van der Waals surface area contributed by atoms with E-state index in [0.717, 1.165) is 38.3 Å². The van der Waals surface area contributed by atoms with E-state index in [2.05, 4.69) is 40.3 Å². The Morgan fingerprint density at radius 1 is 1.12 bits per heavy atom. The fraction of sp³-hybridized carbons (Fsp3) is 0.444. The SMILES string of the molecule is NC(=O)c1ccc2c(c1)CCOC2CCN1CCC(CCc2c[nH]c3ccccc23)CC1. The van der Waals surface area contributed by atoms with Gasteiger partial charge in [-0.05, 0) is 92.4 Å². The molecule has 0 aliphatic carbocycles. The first-order valence-electron chi connectivity index (χ1n) is 12.0. The zero-order valence-corrected chi connectivity index (χ0v) is 18.7. The topological polar surface area (TPSA) is 71.4 Å². The average Bonchev–Trinajstić information content (AvgIpc) is 3.25. The molecule has 2 aliphatic heterocycles. The summed E-state index contributed by atoms with van der Waals surface area (Å²) in [6.07, 6.45) is 9.18. The van der Waals surface area contributed by atoms with Crippen molar-refractivity contribution in [3.8, 4) is 0 Å². The molecule has 1 aromatic heterocycles. The standard InChI is InChI=1S/C27H33N3O2/c28-27(31)21-7-8-24-20(17-21)12-16-32-26(24)11-15-30-13-9-19(10-14-30)5-6-22-18-29-25-4-2-1-3-23(22)25/h1-4,7-8,17-19,26,29H,5-6,9-16H2,(H2,28,31). The number of nitrogens with two attached hydrogens (primary N) is 1. The number of ether oxygens (including phenoxy) is 1. The number of rotatable bonds is 7. The van der Waals surface area contributed by atoms with Crippen LogP contribution in [0.4, 0.5) is 0 Å². The summed E-state index contributed by atoms with van der Waals surface area (Å²) < 4.78 is 6.09. The molecule has 0 radical (unpaired) electrons. The molecule has 1 atom stereocenters. The molecule has 0 saturated carbocycles. The number of amides is 1. The molecule has 1 saturated heterocycles. The predicted molar refractivity (Wildman–Crippen MR) is 128 cm³/mol. The van der Waals surface area contributed by atoms with Crippen LogP contribution in [0.3, 0.4) is 0 Å². The minimum absolute atomic E-state index is 0.125. The van der Waals surface area contributed by atoms with Crippen LogP contribution in [0, 0.1) is 5.92 Å². The Kier molecular flexibility index (Phi) is 6.28. The lowest BCUT2D eigenvalue weighted by molar-refractivity contribution is 0.0264. The number of para-hydroxylation sites is 1. The number of hydrogen-bond donors (Lipinski definition) is 2. The van der Waals surface area contributed by atoms with Gasteiger partial charge in [0, 0.05) is 29.2 Å². The highest BCUT2D eigenvalue weighted by molar-refractivity contribution is 5.93. The van der Waals surface area contributed by atoms with Gasteiger partial charge in [0.05, 0.1) is 12.7 Å². The summed E-state index contributed by atoms with van der Waals surface area (Å²) in [6, 6.07) is 14.4. The van der Waals surface area contributed by atoms with Gasteiger partial charge in [-0.25, -0.2) is 0 Å². The number of piperidine rings is 1. The molecule has 5 heteroatoms. The van der Waals surface area contributed by atoms with Crippen molar-refractivity contribution in [2.45, 2.75) is 44.6 Å². The molecule has 168 valence electrons. The van der Waals surface area contributed by atoms with Crippen molar-refractivity contribution in [2.24, 2.45) is 11.7 Å². The van der Waals surface area contributed by atoms with Gasteiger partial charge in [-0.1, -0.05) is 24.3 Å². The van der Waals surface area contributed by atoms with Crippen LogP contribution in [0.1, 0.15) is 58.8 Å². The molecule has 0 bridgehead atoms. The molecule has 5 rings (SSSR count). The van der Waals surface area contributed by atoms with Gasteiger partial charge in [0.1, 0.15) is 0 Å². The number of aromatic nitrogens is 1. The number of hydrogen-bond acceptors (Lipinski definition) is 3. The van der Waals surface area contributed by atoms with Crippen LogP contribution in [0.25, 0.3) is 10.9 Å². The second-order valence-electron chi connectivity index (χ2n) is 9.36. The second kappa shape index (κ2) is 9.47. The van der Waals surface area contributed by atoms with Crippen LogP contribution in [-0.4, -0.2) is 42.0 Å². The molecule has 32 heavy (non-hydrogen) atoms. The number of nitrogens with zero attached hydrogens (tertiary/aromatic N) is 1. The van der Waals surface area contributed by atoms with E-state index >= 15 is 0 Å². The first-order chi connectivity index (χ1) is 15.7. The number of aryl methyl sites for hydroxylation is 1. The van der Waals surface area contributed by atoms with Crippen LogP contribution in [0.2, 0.25) is 0 Å². The molecule has 3 heterocycles. The molecule has 3 N–H and O–H groups in total. The quantitative estimate of drug-likeness (QED) is 0.574. The minimum atomic E-state index is -0.358. The number of benzene rings is 2. The van der Waals surface area contributed by atoms with Gasteiger partial charge < -0.3 is 20.4 Å². The van der Waals surface area contributed by atoms with Gasteiger partial charge in [-0.3, -0.25) is 4.79 Å². The lowest BCUT2D eigenvalue weighted by atomic mass is 9.90. The highest BCUT2D eigenvalue weighted by Gasteiger charge is 2.24. The van der Waals surface area contributed by atoms with Crippen molar-refractivity contribution in [1.29, 1.82) is 0 Å². The van der Waals surface area contributed by atoms with Crippen LogP contribution in [0.15, 0.2) is 48.7 Å². The maximum Gasteiger partial charge on any atom is 0.248 e. The van der Waals surface area contributed by atoms with E-state index < -0.39 is 0 Å². The summed E-state index contributed by atoms with van der Waals surface area (Å²) >= 11 is 0. The van der Waals surface area contributed by atoms with Crippen LogP contribution in [-0.2, 0) is 17.6 Å². The van der Waals surface area contributed by atoms with Gasteiger partial charge in [0.2, 0.25) is 5.91 Å². The summed E-state index contributed by atoms with van der Waals surface area (Å²) in [5.41, 5.74) is 11.2. The smallest absolute Gasteiger partial charge is 0.248 e. The lowest BCUT2D eigenvalue weighted by Gasteiger charge is -2.34. The van der Waals surface area contributed by atoms with Gasteiger partial charge >= 0.3 is 0 Å². The second-order valence-corrected chi connectivity index (χ2v) is 9.36. The molecule has 1 amide bonds. The highest BCUT2D eigenvalue weighted by Crippen LogP contribution is 2.31. The summed E-state index contributed by atoms with van der Waals surface area (Å²) in [5.74, 6) is 0.460. The van der Waals surface area contributed by atoms with E-state index in [-0.39, 0.29) is 12.0 Å². The van der Waals surface area contributed by atoms with Crippen molar-refractivity contribution in [3.05, 3.63) is 70.9 Å². The van der Waals surface area contributed by atoms with E-state index in [9.17, 15) is 4.79 Å². The summed E-state index contributed by atoms with van der Waals surface area (Å²) in [7, 11) is 0. The number of primary amides is 1. The van der Waals surface area contributed by atoms with Crippen LogP contribution >= 0.6 is 0 Å². The zero-order valence-electron chi connectivity index (χ0n) is 18.7. The molecule has 2 aliphatic rings. The Morgan fingerprint density at radius 3 is 2.81 bits per heavy atom. The number of H-pyrrole nitrogens is 1. The van der Waals surface area contributed by atoms with E-state index in [1.54, 1.807) is 0 Å². The van der Waals surface area contributed by atoms with Crippen LogP contribution in [0.5, 0.6) is 0 Å². The summed E-state index contributed by atoms with van der Waals surface area (Å²) in [4.78, 5) is 17.5. The first-order valence-corrected chi connectivity index (χ1v) is 12.0. The molecule has 5 nitrogen and oxygen atoms in total. The monoisotopic (exact) mass is 431 g/mol. The number of carbonyl (C=O) groups excluding carboxylic acids is 1. The van der Waals surface area contributed by atoms with Crippen molar-refractivity contribution in [3.63, 3.8) is 0 Å².